The molecule has 0 aromatic heterocycles. The van der Waals surface area contributed by atoms with Gasteiger partial charge >= 0.3 is 6.03 Å². The molecule has 2 aliphatic rings. The van der Waals surface area contributed by atoms with Crippen molar-refractivity contribution in [2.24, 2.45) is 0 Å². The van der Waals surface area contributed by atoms with Gasteiger partial charge in [0.25, 0.3) is 5.91 Å². The molecule has 4 rings (SSSR count). The van der Waals surface area contributed by atoms with E-state index in [2.05, 4.69) is 10.6 Å². The lowest BCUT2D eigenvalue weighted by molar-refractivity contribution is -0.132. The molecule has 2 aromatic carbocycles. The molecule has 1 aliphatic carbocycles. The van der Waals surface area contributed by atoms with Crippen molar-refractivity contribution >= 4 is 35.1 Å². The summed E-state index contributed by atoms with van der Waals surface area (Å²) in [7, 11) is 0. The lowest BCUT2D eigenvalue weighted by Crippen LogP contribution is -2.48. The second-order valence-electron chi connectivity index (χ2n) is 8.38. The molecule has 7 nitrogen and oxygen atoms in total. The maximum absolute atomic E-state index is 12.9. The summed E-state index contributed by atoms with van der Waals surface area (Å²) < 4.78 is 5.91. The standard InChI is InChI=1S/C24H26ClN3O4/c1-16-5-8-18(9-6-16)32-20-10-7-17(25)15-19(20)26-21(29)11-14-28-22(30)24(27-23(28)31)12-3-2-4-13-24/h5-10,15H,2-4,11-14H2,1H3,(H,26,29)(H,27,31). The van der Waals surface area contributed by atoms with E-state index in [0.29, 0.717) is 35.1 Å². The molecule has 1 aliphatic heterocycles. The van der Waals surface area contributed by atoms with Gasteiger partial charge in [0.05, 0.1) is 5.69 Å². The van der Waals surface area contributed by atoms with Gasteiger partial charge in [-0.15, -0.1) is 0 Å². The summed E-state index contributed by atoms with van der Waals surface area (Å²) in [4.78, 5) is 39.0. The van der Waals surface area contributed by atoms with E-state index in [1.807, 2.05) is 31.2 Å². The predicted molar refractivity (Wildman–Crippen MR) is 122 cm³/mol. The molecule has 1 heterocycles. The fourth-order valence-electron chi connectivity index (χ4n) is 4.22. The van der Waals surface area contributed by atoms with Crippen molar-refractivity contribution in [2.75, 3.05) is 11.9 Å². The summed E-state index contributed by atoms with van der Waals surface area (Å²) in [6.07, 6.45) is 4.19. The first-order valence-corrected chi connectivity index (χ1v) is 11.2. The van der Waals surface area contributed by atoms with Gasteiger partial charge in [-0.3, -0.25) is 14.5 Å². The van der Waals surface area contributed by atoms with Crippen molar-refractivity contribution in [3.63, 3.8) is 0 Å². The Labute approximate surface area is 192 Å². The summed E-state index contributed by atoms with van der Waals surface area (Å²) in [5.41, 5.74) is 0.745. The van der Waals surface area contributed by atoms with Crippen molar-refractivity contribution < 1.29 is 19.1 Å². The van der Waals surface area contributed by atoms with E-state index in [4.69, 9.17) is 16.3 Å². The number of imide groups is 1. The highest BCUT2D eigenvalue weighted by atomic mass is 35.5. The molecule has 2 fully saturated rings. The van der Waals surface area contributed by atoms with Crippen molar-refractivity contribution in [1.82, 2.24) is 10.2 Å². The third-order valence-electron chi connectivity index (χ3n) is 5.98. The van der Waals surface area contributed by atoms with Gasteiger partial charge in [0.1, 0.15) is 11.3 Å². The van der Waals surface area contributed by atoms with Crippen LogP contribution in [-0.2, 0) is 9.59 Å². The monoisotopic (exact) mass is 455 g/mol. The summed E-state index contributed by atoms with van der Waals surface area (Å²) in [5, 5.41) is 6.10. The first-order chi connectivity index (χ1) is 15.4. The van der Waals surface area contributed by atoms with E-state index in [9.17, 15) is 14.4 Å². The van der Waals surface area contributed by atoms with Crippen LogP contribution < -0.4 is 15.4 Å². The smallest absolute Gasteiger partial charge is 0.325 e. The molecule has 1 saturated carbocycles. The van der Waals surface area contributed by atoms with Gasteiger partial charge < -0.3 is 15.4 Å². The second kappa shape index (κ2) is 9.20. The van der Waals surface area contributed by atoms with E-state index in [1.165, 1.54) is 0 Å². The number of hydrogen-bond acceptors (Lipinski definition) is 4. The Morgan fingerprint density at radius 1 is 1.12 bits per heavy atom. The molecule has 4 amide bonds. The number of aryl methyl sites for hydroxylation is 1. The third kappa shape index (κ3) is 4.72. The molecule has 2 aromatic rings. The van der Waals surface area contributed by atoms with E-state index >= 15 is 0 Å². The minimum atomic E-state index is -0.784. The summed E-state index contributed by atoms with van der Waals surface area (Å²) in [6.45, 7) is 2.01. The number of hydrogen-bond donors (Lipinski definition) is 2. The molecule has 1 saturated heterocycles. The number of nitrogens with zero attached hydrogens (tertiary/aromatic N) is 1. The number of ether oxygens (including phenoxy) is 1. The Hall–Kier alpha value is -3.06. The van der Waals surface area contributed by atoms with Crippen LogP contribution in [0.5, 0.6) is 11.5 Å². The van der Waals surface area contributed by atoms with Crippen LogP contribution in [0.15, 0.2) is 42.5 Å². The fraction of sp³-hybridized carbons (Fsp3) is 0.375. The highest BCUT2D eigenvalue weighted by Crippen LogP contribution is 2.34. The fourth-order valence-corrected chi connectivity index (χ4v) is 4.39. The van der Waals surface area contributed by atoms with Crippen molar-refractivity contribution in [3.05, 3.63) is 53.1 Å². The Morgan fingerprint density at radius 3 is 2.56 bits per heavy atom. The van der Waals surface area contributed by atoms with Crippen LogP contribution in [0.3, 0.4) is 0 Å². The average molecular weight is 456 g/mol. The van der Waals surface area contributed by atoms with Gasteiger partial charge in [-0.2, -0.15) is 0 Å². The molecule has 1 spiro atoms. The largest absolute Gasteiger partial charge is 0.455 e. The zero-order valence-electron chi connectivity index (χ0n) is 17.9. The second-order valence-corrected chi connectivity index (χ2v) is 8.82. The molecule has 8 heteroatoms. The number of halogens is 1. The van der Waals surface area contributed by atoms with Crippen LogP contribution in [-0.4, -0.2) is 34.8 Å². The lowest BCUT2D eigenvalue weighted by Gasteiger charge is -2.30. The Kier molecular flexibility index (Phi) is 6.37. The molecular formula is C24H26ClN3O4. The SMILES string of the molecule is Cc1ccc(Oc2ccc(Cl)cc2NC(=O)CCN2C(=O)NC3(CCCCC3)C2=O)cc1. The normalized spacial score (nSPS) is 17.4. The quantitative estimate of drug-likeness (QED) is 0.598. The van der Waals surface area contributed by atoms with E-state index in [-0.39, 0.29) is 24.8 Å². The molecule has 168 valence electrons. The third-order valence-corrected chi connectivity index (χ3v) is 6.22. The number of urea groups is 1. The van der Waals surface area contributed by atoms with E-state index in [1.54, 1.807) is 18.2 Å². The zero-order valence-corrected chi connectivity index (χ0v) is 18.7. The molecule has 0 radical (unpaired) electrons. The van der Waals surface area contributed by atoms with Gasteiger partial charge in [-0.25, -0.2) is 4.79 Å². The first-order valence-electron chi connectivity index (χ1n) is 10.8. The number of carbonyl (C=O) groups excluding carboxylic acids is 3. The Balaban J connectivity index is 1.40. The van der Waals surface area contributed by atoms with Crippen molar-refractivity contribution in [2.45, 2.75) is 51.0 Å². The van der Waals surface area contributed by atoms with Crippen LogP contribution >= 0.6 is 11.6 Å². The van der Waals surface area contributed by atoms with Gasteiger partial charge in [-0.05, 0) is 50.1 Å². The van der Waals surface area contributed by atoms with Crippen LogP contribution in [0, 0.1) is 6.92 Å². The van der Waals surface area contributed by atoms with Crippen LogP contribution in [0.25, 0.3) is 0 Å². The molecule has 2 N–H and O–H groups in total. The minimum absolute atomic E-state index is 0.0208. The number of carbonyl (C=O) groups is 3. The number of amides is 4. The number of benzene rings is 2. The average Bonchev–Trinajstić information content (AvgIpc) is 2.99. The van der Waals surface area contributed by atoms with Crippen molar-refractivity contribution in [1.29, 1.82) is 0 Å². The van der Waals surface area contributed by atoms with Crippen LogP contribution in [0.1, 0.15) is 44.1 Å². The molecular weight excluding hydrogens is 430 g/mol. The van der Waals surface area contributed by atoms with Gasteiger partial charge in [-0.1, -0.05) is 48.6 Å². The lowest BCUT2D eigenvalue weighted by atomic mass is 9.82. The van der Waals surface area contributed by atoms with Crippen LogP contribution in [0.4, 0.5) is 10.5 Å². The molecule has 0 bridgehead atoms. The predicted octanol–water partition coefficient (Wildman–Crippen LogP) is 5.02. The maximum Gasteiger partial charge on any atom is 0.325 e. The van der Waals surface area contributed by atoms with E-state index in [0.717, 1.165) is 29.7 Å². The summed E-state index contributed by atoms with van der Waals surface area (Å²) in [5.74, 6) is 0.514. The first kappa shape index (κ1) is 22.1. The van der Waals surface area contributed by atoms with Gasteiger partial charge in [0.2, 0.25) is 5.91 Å². The van der Waals surface area contributed by atoms with Crippen LogP contribution in [0.2, 0.25) is 5.02 Å². The molecule has 32 heavy (non-hydrogen) atoms. The topological polar surface area (TPSA) is 87.7 Å². The van der Waals surface area contributed by atoms with E-state index < -0.39 is 11.6 Å². The number of rotatable bonds is 6. The maximum atomic E-state index is 12.9. The zero-order chi connectivity index (χ0) is 22.7. The van der Waals surface area contributed by atoms with Gasteiger partial charge in [0, 0.05) is 18.0 Å². The molecule has 0 unspecified atom stereocenters. The minimum Gasteiger partial charge on any atom is -0.455 e. The highest BCUT2D eigenvalue weighted by molar-refractivity contribution is 6.31. The molecule has 0 atom stereocenters. The number of nitrogens with one attached hydrogen (secondary N) is 2. The number of anilines is 1. The Bertz CT molecular complexity index is 1030. The van der Waals surface area contributed by atoms with Gasteiger partial charge in [0.15, 0.2) is 5.75 Å². The highest BCUT2D eigenvalue weighted by Gasteiger charge is 2.51. The Morgan fingerprint density at radius 2 is 1.84 bits per heavy atom. The summed E-state index contributed by atoms with van der Waals surface area (Å²) in [6, 6.07) is 12.1. The van der Waals surface area contributed by atoms with Crippen molar-refractivity contribution in [3.8, 4) is 11.5 Å². The summed E-state index contributed by atoms with van der Waals surface area (Å²) >= 11 is 6.11.